The minimum absolute atomic E-state index is 0.0723. The molecule has 25 heavy (non-hydrogen) atoms. The lowest BCUT2D eigenvalue weighted by Gasteiger charge is -2.21. The Hall–Kier alpha value is -1.89. The summed E-state index contributed by atoms with van der Waals surface area (Å²) >= 11 is 1.35. The minimum Gasteiger partial charge on any atom is -0.325 e. The Labute approximate surface area is 153 Å². The van der Waals surface area contributed by atoms with Crippen molar-refractivity contribution in [2.24, 2.45) is 0 Å². The molecule has 1 amide bonds. The average molecular weight is 362 g/mol. The van der Waals surface area contributed by atoms with Gasteiger partial charge in [-0.3, -0.25) is 4.79 Å². The van der Waals surface area contributed by atoms with Gasteiger partial charge in [0.2, 0.25) is 11.1 Å². The molecule has 0 radical (unpaired) electrons. The molecule has 6 nitrogen and oxygen atoms in total. The second-order valence-electron chi connectivity index (χ2n) is 8.12. The van der Waals surface area contributed by atoms with E-state index in [1.54, 1.807) is 4.68 Å². The Morgan fingerprint density at radius 3 is 2.24 bits per heavy atom. The van der Waals surface area contributed by atoms with E-state index in [4.69, 9.17) is 0 Å². The molecule has 1 aromatic heterocycles. The van der Waals surface area contributed by atoms with E-state index in [1.165, 1.54) is 17.3 Å². The van der Waals surface area contributed by atoms with Crippen LogP contribution in [-0.2, 0) is 15.7 Å². The first-order valence-electron chi connectivity index (χ1n) is 8.35. The number of aromatic nitrogens is 4. The van der Waals surface area contributed by atoms with Crippen LogP contribution in [0.5, 0.6) is 0 Å². The maximum absolute atomic E-state index is 12.5. The predicted octanol–water partition coefficient (Wildman–Crippen LogP) is 3.84. The van der Waals surface area contributed by atoms with Gasteiger partial charge in [0.15, 0.2) is 0 Å². The average Bonchev–Trinajstić information content (AvgIpc) is 2.95. The van der Waals surface area contributed by atoms with Crippen LogP contribution in [0.15, 0.2) is 29.4 Å². The number of hydrogen-bond donors (Lipinski definition) is 1. The standard InChI is InChI=1S/C18H27N5OS/c1-12(25-16-20-21-22-23(16)18(5,6)7)15(24)19-14-10-8-13(9-11-14)17(2,3)4/h8-12H,1-7H3,(H,19,24). The molecule has 0 bridgehead atoms. The molecule has 1 unspecified atom stereocenters. The molecule has 136 valence electrons. The van der Waals surface area contributed by atoms with Crippen LogP contribution in [0.3, 0.4) is 0 Å². The zero-order valence-corrected chi connectivity index (χ0v) is 16.8. The number of nitrogens with one attached hydrogen (secondary N) is 1. The summed E-state index contributed by atoms with van der Waals surface area (Å²) in [6.45, 7) is 14.4. The molecule has 0 aliphatic rings. The van der Waals surface area contributed by atoms with Gasteiger partial charge in [0.05, 0.1) is 10.8 Å². The number of nitrogens with zero attached hydrogens (tertiary/aromatic N) is 4. The summed E-state index contributed by atoms with van der Waals surface area (Å²) < 4.78 is 1.74. The highest BCUT2D eigenvalue weighted by atomic mass is 32.2. The van der Waals surface area contributed by atoms with Crippen LogP contribution in [0.1, 0.15) is 54.0 Å². The van der Waals surface area contributed by atoms with E-state index in [0.29, 0.717) is 5.16 Å². The van der Waals surface area contributed by atoms with Crippen molar-refractivity contribution < 1.29 is 4.79 Å². The predicted molar refractivity (Wildman–Crippen MR) is 102 cm³/mol. The molecular formula is C18H27N5OS. The fourth-order valence-electron chi connectivity index (χ4n) is 2.18. The summed E-state index contributed by atoms with van der Waals surface area (Å²) in [7, 11) is 0. The summed E-state index contributed by atoms with van der Waals surface area (Å²) in [5.41, 5.74) is 1.89. The van der Waals surface area contributed by atoms with Gasteiger partial charge in [-0.1, -0.05) is 44.7 Å². The lowest BCUT2D eigenvalue weighted by Crippen LogP contribution is -2.27. The van der Waals surface area contributed by atoms with Gasteiger partial charge in [-0.15, -0.1) is 5.10 Å². The third kappa shape index (κ3) is 5.04. The molecule has 2 aromatic rings. The van der Waals surface area contributed by atoms with E-state index < -0.39 is 0 Å². The van der Waals surface area contributed by atoms with E-state index in [2.05, 4.69) is 41.6 Å². The number of benzene rings is 1. The third-order valence-electron chi connectivity index (χ3n) is 3.75. The second-order valence-corrected chi connectivity index (χ2v) is 9.43. The quantitative estimate of drug-likeness (QED) is 0.838. The first-order valence-corrected chi connectivity index (χ1v) is 9.23. The SMILES string of the molecule is CC(Sc1nnnn1C(C)(C)C)C(=O)Nc1ccc(C(C)(C)C)cc1. The molecule has 2 rings (SSSR count). The minimum atomic E-state index is -0.311. The Morgan fingerprint density at radius 2 is 1.72 bits per heavy atom. The van der Waals surface area contributed by atoms with Crippen LogP contribution in [0.4, 0.5) is 5.69 Å². The molecule has 0 spiro atoms. The molecule has 0 fully saturated rings. The highest BCUT2D eigenvalue weighted by molar-refractivity contribution is 8.00. The summed E-state index contributed by atoms with van der Waals surface area (Å²) in [6, 6.07) is 7.98. The number of carbonyl (C=O) groups is 1. The van der Waals surface area contributed by atoms with E-state index in [1.807, 2.05) is 52.0 Å². The van der Waals surface area contributed by atoms with Gasteiger partial charge in [0.1, 0.15) is 0 Å². The summed E-state index contributed by atoms with van der Waals surface area (Å²) in [4.78, 5) is 12.5. The van der Waals surface area contributed by atoms with Crippen LogP contribution >= 0.6 is 11.8 Å². The van der Waals surface area contributed by atoms with Gasteiger partial charge >= 0.3 is 0 Å². The zero-order valence-electron chi connectivity index (χ0n) is 16.0. The Balaban J connectivity index is 2.03. The fourth-order valence-corrected chi connectivity index (χ4v) is 3.16. The molecule has 7 heteroatoms. The van der Waals surface area contributed by atoms with E-state index >= 15 is 0 Å². The molecule has 0 saturated carbocycles. The molecule has 1 N–H and O–H groups in total. The van der Waals surface area contributed by atoms with Gasteiger partial charge in [0.25, 0.3) is 0 Å². The number of hydrogen-bond acceptors (Lipinski definition) is 5. The van der Waals surface area contributed by atoms with E-state index in [0.717, 1.165) is 5.69 Å². The van der Waals surface area contributed by atoms with Gasteiger partial charge in [-0.2, -0.15) is 0 Å². The van der Waals surface area contributed by atoms with Crippen molar-refractivity contribution >= 4 is 23.4 Å². The summed E-state index contributed by atoms with van der Waals surface area (Å²) in [5, 5.41) is 15.1. The maximum Gasteiger partial charge on any atom is 0.237 e. The lowest BCUT2D eigenvalue weighted by atomic mass is 9.87. The first-order chi connectivity index (χ1) is 11.5. The largest absolute Gasteiger partial charge is 0.325 e. The van der Waals surface area contributed by atoms with Crippen molar-refractivity contribution in [1.29, 1.82) is 0 Å². The van der Waals surface area contributed by atoms with Crippen LogP contribution in [0, 0.1) is 0 Å². The van der Waals surface area contributed by atoms with Crippen molar-refractivity contribution in [3.05, 3.63) is 29.8 Å². The Bertz CT molecular complexity index is 725. The molecule has 1 heterocycles. The molecule has 0 aliphatic carbocycles. The molecule has 0 saturated heterocycles. The highest BCUT2D eigenvalue weighted by Gasteiger charge is 2.24. The number of anilines is 1. The third-order valence-corrected chi connectivity index (χ3v) is 4.78. The van der Waals surface area contributed by atoms with Crippen LogP contribution in [-0.4, -0.2) is 31.4 Å². The first kappa shape index (κ1) is 19.4. The van der Waals surface area contributed by atoms with Gasteiger partial charge < -0.3 is 5.32 Å². The van der Waals surface area contributed by atoms with Gasteiger partial charge in [-0.05, 0) is 61.2 Å². The van der Waals surface area contributed by atoms with Crippen molar-refractivity contribution in [1.82, 2.24) is 20.2 Å². The van der Waals surface area contributed by atoms with Crippen LogP contribution in [0.2, 0.25) is 0 Å². The van der Waals surface area contributed by atoms with Crippen molar-refractivity contribution in [2.75, 3.05) is 5.32 Å². The normalized spacial score (nSPS) is 13.6. The van der Waals surface area contributed by atoms with Crippen molar-refractivity contribution in [2.45, 2.75) is 69.8 Å². The van der Waals surface area contributed by atoms with E-state index in [-0.39, 0.29) is 22.1 Å². The number of carbonyl (C=O) groups excluding carboxylic acids is 1. The van der Waals surface area contributed by atoms with Crippen molar-refractivity contribution in [3.63, 3.8) is 0 Å². The summed E-state index contributed by atoms with van der Waals surface area (Å²) in [6.07, 6.45) is 0. The Morgan fingerprint density at radius 1 is 1.12 bits per heavy atom. The number of rotatable bonds is 4. The number of tetrazole rings is 1. The second kappa shape index (κ2) is 7.15. The van der Waals surface area contributed by atoms with Gasteiger partial charge in [0, 0.05) is 5.69 Å². The Kier molecular flexibility index (Phi) is 5.56. The monoisotopic (exact) mass is 361 g/mol. The highest BCUT2D eigenvalue weighted by Crippen LogP contribution is 2.27. The van der Waals surface area contributed by atoms with Gasteiger partial charge in [-0.25, -0.2) is 4.68 Å². The topological polar surface area (TPSA) is 72.7 Å². The zero-order chi connectivity index (χ0) is 18.8. The van der Waals surface area contributed by atoms with Crippen LogP contribution < -0.4 is 5.32 Å². The van der Waals surface area contributed by atoms with Crippen LogP contribution in [0.25, 0.3) is 0 Å². The summed E-state index contributed by atoms with van der Waals surface area (Å²) in [5.74, 6) is -0.0723. The molecule has 0 aliphatic heterocycles. The van der Waals surface area contributed by atoms with Crippen molar-refractivity contribution in [3.8, 4) is 0 Å². The van der Waals surface area contributed by atoms with E-state index in [9.17, 15) is 4.79 Å². The molecule has 1 aromatic carbocycles. The molecule has 1 atom stereocenters. The number of thioether (sulfide) groups is 1. The smallest absolute Gasteiger partial charge is 0.237 e. The number of amides is 1. The lowest BCUT2D eigenvalue weighted by molar-refractivity contribution is -0.115. The molecular weight excluding hydrogens is 334 g/mol. The fraction of sp³-hybridized carbons (Fsp3) is 0.556. The maximum atomic E-state index is 12.5.